The average Bonchev–Trinajstić information content (AvgIpc) is 2.41. The van der Waals surface area contributed by atoms with Gasteiger partial charge in [-0.3, -0.25) is 0 Å². The Morgan fingerprint density at radius 1 is 1.21 bits per heavy atom. The van der Waals surface area contributed by atoms with E-state index in [-0.39, 0.29) is 10.6 Å². The number of hydrogen-bond acceptors (Lipinski definition) is 1. The van der Waals surface area contributed by atoms with Gasteiger partial charge in [0.25, 0.3) is 0 Å². The monoisotopic (exact) mass is 322 g/mol. The molecule has 0 saturated carbocycles. The predicted octanol–water partition coefficient (Wildman–Crippen LogP) is 4.82. The van der Waals surface area contributed by atoms with E-state index < -0.39 is 0 Å². The SMILES string of the molecule is COc1cccc(CC(Br)c2cc(F)ccc2C)c1. The minimum Gasteiger partial charge on any atom is -0.497 e. The van der Waals surface area contributed by atoms with Gasteiger partial charge in [-0.15, -0.1) is 0 Å². The van der Waals surface area contributed by atoms with Crippen LogP contribution in [0.4, 0.5) is 4.39 Å². The van der Waals surface area contributed by atoms with E-state index in [0.29, 0.717) is 0 Å². The van der Waals surface area contributed by atoms with Crippen molar-refractivity contribution in [1.82, 2.24) is 0 Å². The number of ether oxygens (including phenoxy) is 1. The maximum atomic E-state index is 13.3. The molecule has 0 N–H and O–H groups in total. The van der Waals surface area contributed by atoms with Crippen LogP contribution in [0.25, 0.3) is 0 Å². The summed E-state index contributed by atoms with van der Waals surface area (Å²) in [4.78, 5) is 0.0929. The van der Waals surface area contributed by atoms with Crippen molar-refractivity contribution in [1.29, 1.82) is 0 Å². The van der Waals surface area contributed by atoms with E-state index in [1.165, 1.54) is 6.07 Å². The number of methoxy groups -OCH3 is 1. The molecule has 1 unspecified atom stereocenters. The van der Waals surface area contributed by atoms with Crippen LogP contribution in [0.5, 0.6) is 5.75 Å². The van der Waals surface area contributed by atoms with Gasteiger partial charge in [0.1, 0.15) is 11.6 Å². The van der Waals surface area contributed by atoms with Crippen LogP contribution < -0.4 is 4.74 Å². The Kier molecular flexibility index (Phi) is 4.59. The second-order valence-corrected chi connectivity index (χ2v) is 5.63. The highest BCUT2D eigenvalue weighted by molar-refractivity contribution is 9.09. The van der Waals surface area contributed by atoms with E-state index in [0.717, 1.165) is 28.9 Å². The van der Waals surface area contributed by atoms with Crippen LogP contribution in [0.15, 0.2) is 42.5 Å². The number of benzene rings is 2. The van der Waals surface area contributed by atoms with Crippen LogP contribution in [-0.4, -0.2) is 7.11 Å². The maximum absolute atomic E-state index is 13.3. The first-order valence-electron chi connectivity index (χ1n) is 6.13. The van der Waals surface area contributed by atoms with E-state index in [1.807, 2.05) is 37.3 Å². The Morgan fingerprint density at radius 2 is 2.00 bits per heavy atom. The van der Waals surface area contributed by atoms with Crippen molar-refractivity contribution in [2.75, 3.05) is 7.11 Å². The van der Waals surface area contributed by atoms with Gasteiger partial charge < -0.3 is 4.74 Å². The molecular formula is C16H16BrFO. The smallest absolute Gasteiger partial charge is 0.123 e. The lowest BCUT2D eigenvalue weighted by Gasteiger charge is -2.14. The second kappa shape index (κ2) is 6.20. The molecule has 0 radical (unpaired) electrons. The third-order valence-corrected chi connectivity index (χ3v) is 3.94. The molecule has 2 aromatic carbocycles. The maximum Gasteiger partial charge on any atom is 0.123 e. The van der Waals surface area contributed by atoms with Crippen LogP contribution in [0.1, 0.15) is 21.5 Å². The summed E-state index contributed by atoms with van der Waals surface area (Å²) in [6.07, 6.45) is 0.793. The summed E-state index contributed by atoms with van der Waals surface area (Å²) in [6, 6.07) is 12.8. The molecule has 100 valence electrons. The molecule has 0 amide bonds. The zero-order valence-electron chi connectivity index (χ0n) is 11.0. The van der Waals surface area contributed by atoms with Gasteiger partial charge >= 0.3 is 0 Å². The largest absolute Gasteiger partial charge is 0.497 e. The van der Waals surface area contributed by atoms with Gasteiger partial charge in [-0.05, 0) is 54.3 Å². The first-order chi connectivity index (χ1) is 9.10. The molecule has 0 aliphatic carbocycles. The Bertz CT molecular complexity index is 568. The van der Waals surface area contributed by atoms with Crippen molar-refractivity contribution in [2.24, 2.45) is 0 Å². The number of hydrogen-bond donors (Lipinski definition) is 0. The van der Waals surface area contributed by atoms with Crippen LogP contribution in [-0.2, 0) is 6.42 Å². The second-order valence-electron chi connectivity index (χ2n) is 4.52. The lowest BCUT2D eigenvalue weighted by atomic mass is 10.0. The van der Waals surface area contributed by atoms with Gasteiger partial charge in [-0.2, -0.15) is 0 Å². The van der Waals surface area contributed by atoms with Gasteiger partial charge in [-0.25, -0.2) is 4.39 Å². The van der Waals surface area contributed by atoms with Gasteiger partial charge in [0, 0.05) is 4.83 Å². The number of rotatable bonds is 4. The standard InChI is InChI=1S/C16H16BrFO/c1-11-6-7-13(18)10-15(11)16(17)9-12-4-3-5-14(8-12)19-2/h3-8,10,16H,9H2,1-2H3. The molecule has 1 atom stereocenters. The molecule has 0 aliphatic rings. The molecule has 2 rings (SSSR count). The molecule has 1 nitrogen and oxygen atoms in total. The van der Waals surface area contributed by atoms with Crippen molar-refractivity contribution in [2.45, 2.75) is 18.2 Å². The minimum absolute atomic E-state index is 0.0929. The lowest BCUT2D eigenvalue weighted by molar-refractivity contribution is 0.414. The Morgan fingerprint density at radius 3 is 2.74 bits per heavy atom. The summed E-state index contributed by atoms with van der Waals surface area (Å²) in [5, 5.41) is 0. The van der Waals surface area contributed by atoms with Crippen molar-refractivity contribution >= 4 is 15.9 Å². The van der Waals surface area contributed by atoms with Crippen molar-refractivity contribution in [3.05, 3.63) is 65.0 Å². The summed E-state index contributed by atoms with van der Waals surface area (Å²) in [5.74, 6) is 0.642. The summed E-state index contributed by atoms with van der Waals surface area (Å²) in [6.45, 7) is 1.99. The van der Waals surface area contributed by atoms with Gasteiger partial charge in [0.15, 0.2) is 0 Å². The summed E-state index contributed by atoms with van der Waals surface area (Å²) >= 11 is 3.65. The van der Waals surface area contributed by atoms with E-state index in [2.05, 4.69) is 15.9 Å². The molecule has 0 aromatic heterocycles. The number of alkyl halides is 1. The minimum atomic E-state index is -0.198. The lowest BCUT2D eigenvalue weighted by Crippen LogP contribution is -1.99. The predicted molar refractivity (Wildman–Crippen MR) is 79.5 cm³/mol. The molecule has 0 fully saturated rings. The van der Waals surface area contributed by atoms with Gasteiger partial charge in [0.2, 0.25) is 0 Å². The fraction of sp³-hybridized carbons (Fsp3) is 0.250. The molecule has 0 spiro atoms. The highest BCUT2D eigenvalue weighted by atomic mass is 79.9. The van der Waals surface area contributed by atoms with Crippen LogP contribution in [0.3, 0.4) is 0 Å². The molecule has 0 aliphatic heterocycles. The highest BCUT2D eigenvalue weighted by Gasteiger charge is 2.12. The Labute approximate surface area is 121 Å². The van der Waals surface area contributed by atoms with E-state index in [9.17, 15) is 4.39 Å². The fourth-order valence-electron chi connectivity index (χ4n) is 2.07. The van der Waals surface area contributed by atoms with Crippen LogP contribution in [0.2, 0.25) is 0 Å². The normalized spacial score (nSPS) is 12.2. The molecule has 0 heterocycles. The van der Waals surface area contributed by atoms with Crippen molar-refractivity contribution in [3.8, 4) is 5.75 Å². The molecule has 3 heteroatoms. The molecule has 2 aromatic rings. The topological polar surface area (TPSA) is 9.23 Å². The molecule has 0 saturated heterocycles. The summed E-state index contributed by atoms with van der Waals surface area (Å²) in [7, 11) is 1.65. The third kappa shape index (κ3) is 3.57. The molecule has 0 bridgehead atoms. The van der Waals surface area contributed by atoms with E-state index in [1.54, 1.807) is 13.2 Å². The summed E-state index contributed by atoms with van der Waals surface area (Å²) < 4.78 is 18.5. The van der Waals surface area contributed by atoms with Gasteiger partial charge in [-0.1, -0.05) is 34.1 Å². The zero-order valence-corrected chi connectivity index (χ0v) is 12.6. The average molecular weight is 323 g/mol. The first-order valence-corrected chi connectivity index (χ1v) is 7.05. The van der Waals surface area contributed by atoms with Gasteiger partial charge in [0.05, 0.1) is 7.11 Å². The van der Waals surface area contributed by atoms with E-state index in [4.69, 9.17) is 4.74 Å². The van der Waals surface area contributed by atoms with Crippen molar-refractivity contribution in [3.63, 3.8) is 0 Å². The molecule has 19 heavy (non-hydrogen) atoms. The Hall–Kier alpha value is -1.35. The first kappa shape index (κ1) is 14.1. The quantitative estimate of drug-likeness (QED) is 0.733. The van der Waals surface area contributed by atoms with Crippen LogP contribution >= 0.6 is 15.9 Å². The van der Waals surface area contributed by atoms with E-state index >= 15 is 0 Å². The fourth-order valence-corrected chi connectivity index (χ4v) is 2.93. The number of aryl methyl sites for hydroxylation is 1. The Balaban J connectivity index is 2.20. The zero-order chi connectivity index (χ0) is 13.8. The number of halogens is 2. The third-order valence-electron chi connectivity index (χ3n) is 3.13. The molecular weight excluding hydrogens is 307 g/mol. The van der Waals surface area contributed by atoms with Crippen LogP contribution in [0, 0.1) is 12.7 Å². The summed E-state index contributed by atoms with van der Waals surface area (Å²) in [5.41, 5.74) is 3.24. The highest BCUT2D eigenvalue weighted by Crippen LogP contribution is 2.30. The van der Waals surface area contributed by atoms with Crippen molar-refractivity contribution < 1.29 is 9.13 Å².